The number of rotatable bonds is 6. The summed E-state index contributed by atoms with van der Waals surface area (Å²) in [6, 6.07) is 29.2. The molecular weight excluding hydrogens is 388 g/mol. The first-order valence-corrected chi connectivity index (χ1v) is 10.2. The number of amides is 1. The van der Waals surface area contributed by atoms with E-state index >= 15 is 0 Å². The number of ether oxygens (including phenoxy) is 1. The van der Waals surface area contributed by atoms with Crippen molar-refractivity contribution in [3.8, 4) is 5.75 Å². The molecule has 0 spiro atoms. The van der Waals surface area contributed by atoms with Gasteiger partial charge in [-0.3, -0.25) is 4.79 Å². The Morgan fingerprint density at radius 1 is 0.871 bits per heavy atom. The number of anilines is 1. The van der Waals surface area contributed by atoms with Gasteiger partial charge in [0, 0.05) is 5.69 Å². The van der Waals surface area contributed by atoms with Gasteiger partial charge in [0.1, 0.15) is 24.3 Å². The molecule has 0 saturated carbocycles. The largest absolute Gasteiger partial charge is 0.489 e. The number of nitrogens with one attached hydrogen (secondary N) is 1. The van der Waals surface area contributed by atoms with Crippen LogP contribution in [0, 0.1) is 0 Å². The van der Waals surface area contributed by atoms with Crippen LogP contribution < -0.4 is 10.1 Å². The van der Waals surface area contributed by atoms with E-state index in [2.05, 4.69) is 5.32 Å². The molecule has 1 aliphatic heterocycles. The highest BCUT2D eigenvalue weighted by Gasteiger charge is 2.33. The minimum atomic E-state index is -0.310. The van der Waals surface area contributed by atoms with Crippen LogP contribution in [0.3, 0.4) is 0 Å². The second-order valence-electron chi connectivity index (χ2n) is 7.45. The van der Waals surface area contributed by atoms with E-state index in [-0.39, 0.29) is 12.1 Å². The minimum Gasteiger partial charge on any atom is -0.489 e. The zero-order valence-electron chi connectivity index (χ0n) is 16.9. The fourth-order valence-corrected chi connectivity index (χ4v) is 3.78. The number of benzene rings is 3. The molecule has 0 radical (unpaired) electrons. The Labute approximate surface area is 180 Å². The van der Waals surface area contributed by atoms with Gasteiger partial charge in [0.05, 0.1) is 18.4 Å². The first kappa shape index (κ1) is 19.0. The van der Waals surface area contributed by atoms with Gasteiger partial charge in [-0.05, 0) is 47.5 Å². The minimum absolute atomic E-state index is 0.0276. The number of furan rings is 1. The van der Waals surface area contributed by atoms with E-state index in [0.29, 0.717) is 18.7 Å². The van der Waals surface area contributed by atoms with E-state index in [1.54, 1.807) is 11.2 Å². The summed E-state index contributed by atoms with van der Waals surface area (Å²) in [5.41, 5.74) is 3.58. The monoisotopic (exact) mass is 410 g/mol. The lowest BCUT2D eigenvalue weighted by Crippen LogP contribution is -2.42. The molecule has 0 bridgehead atoms. The molecule has 0 fully saturated rings. The summed E-state index contributed by atoms with van der Waals surface area (Å²) in [7, 11) is 0. The van der Waals surface area contributed by atoms with Gasteiger partial charge in [0.2, 0.25) is 0 Å². The molecule has 1 aliphatic rings. The Bertz CT molecular complexity index is 1160. The fourth-order valence-electron chi connectivity index (χ4n) is 3.78. The lowest BCUT2D eigenvalue weighted by molar-refractivity contribution is 0.0651. The molecule has 4 aromatic rings. The fraction of sp³-hybridized carbons (Fsp3) is 0.115. The summed E-state index contributed by atoms with van der Waals surface area (Å²) in [4.78, 5) is 15.1. The van der Waals surface area contributed by atoms with Crippen LogP contribution >= 0.6 is 0 Å². The number of hydrogen-bond donors (Lipinski definition) is 1. The van der Waals surface area contributed by atoms with Gasteiger partial charge in [-0.25, -0.2) is 0 Å². The molecule has 1 unspecified atom stereocenters. The van der Waals surface area contributed by atoms with Crippen molar-refractivity contribution in [2.24, 2.45) is 0 Å². The predicted molar refractivity (Wildman–Crippen MR) is 119 cm³/mol. The van der Waals surface area contributed by atoms with Gasteiger partial charge < -0.3 is 19.4 Å². The average molecular weight is 410 g/mol. The van der Waals surface area contributed by atoms with Crippen molar-refractivity contribution in [2.75, 3.05) is 5.32 Å². The lowest BCUT2D eigenvalue weighted by atomic mass is 10.0. The molecule has 5 nitrogen and oxygen atoms in total. The van der Waals surface area contributed by atoms with E-state index < -0.39 is 0 Å². The van der Waals surface area contributed by atoms with Crippen LogP contribution in [0.5, 0.6) is 5.75 Å². The third kappa shape index (κ3) is 4.03. The van der Waals surface area contributed by atoms with Crippen LogP contribution in [0.25, 0.3) is 0 Å². The molecule has 5 heteroatoms. The quantitative estimate of drug-likeness (QED) is 0.448. The lowest BCUT2D eigenvalue weighted by Gasteiger charge is -2.37. The summed E-state index contributed by atoms with van der Waals surface area (Å²) in [5, 5.41) is 3.51. The summed E-state index contributed by atoms with van der Waals surface area (Å²) in [6.45, 7) is 0.891. The summed E-state index contributed by atoms with van der Waals surface area (Å²) in [5.74, 6) is 1.50. The topological polar surface area (TPSA) is 54.7 Å². The molecule has 154 valence electrons. The Kier molecular flexibility index (Phi) is 5.15. The Balaban J connectivity index is 1.39. The summed E-state index contributed by atoms with van der Waals surface area (Å²) >= 11 is 0. The van der Waals surface area contributed by atoms with Crippen molar-refractivity contribution in [1.29, 1.82) is 0 Å². The van der Waals surface area contributed by atoms with Crippen LogP contribution in [-0.2, 0) is 13.2 Å². The van der Waals surface area contributed by atoms with Crippen molar-refractivity contribution in [3.63, 3.8) is 0 Å². The smallest absolute Gasteiger partial charge is 0.258 e. The molecule has 31 heavy (non-hydrogen) atoms. The van der Waals surface area contributed by atoms with Crippen molar-refractivity contribution < 1.29 is 13.9 Å². The van der Waals surface area contributed by atoms with Crippen molar-refractivity contribution >= 4 is 11.6 Å². The van der Waals surface area contributed by atoms with Gasteiger partial charge in [0.25, 0.3) is 5.91 Å². The van der Waals surface area contributed by atoms with Gasteiger partial charge in [-0.2, -0.15) is 0 Å². The van der Waals surface area contributed by atoms with Crippen LogP contribution in [0.2, 0.25) is 0 Å². The maximum absolute atomic E-state index is 13.3. The van der Waals surface area contributed by atoms with E-state index in [9.17, 15) is 4.79 Å². The van der Waals surface area contributed by atoms with Gasteiger partial charge in [-0.1, -0.05) is 54.6 Å². The molecule has 1 atom stereocenters. The number of para-hydroxylation sites is 1. The molecule has 2 heterocycles. The first-order chi connectivity index (χ1) is 15.3. The van der Waals surface area contributed by atoms with Crippen molar-refractivity contribution in [3.05, 3.63) is 120 Å². The number of carbonyl (C=O) groups is 1. The van der Waals surface area contributed by atoms with E-state index in [1.807, 2.05) is 91.0 Å². The Morgan fingerprint density at radius 2 is 1.65 bits per heavy atom. The zero-order valence-corrected chi connectivity index (χ0v) is 16.9. The SMILES string of the molecule is O=C1c2ccccc2NC(c2ccc(OCc3ccccc3)cc2)N1Cc1ccco1. The number of nitrogens with zero attached hydrogens (tertiary/aromatic N) is 1. The molecule has 1 N–H and O–H groups in total. The molecule has 5 rings (SSSR count). The Hall–Kier alpha value is -3.99. The van der Waals surface area contributed by atoms with Gasteiger partial charge in [0.15, 0.2) is 0 Å². The van der Waals surface area contributed by atoms with E-state index in [4.69, 9.17) is 9.15 Å². The standard InChI is InChI=1S/C26H22N2O3/c29-26-23-10-4-5-11-24(23)27-25(28(26)17-22-9-6-16-30-22)20-12-14-21(15-13-20)31-18-19-7-2-1-3-8-19/h1-16,25,27H,17-18H2. The third-order valence-corrected chi connectivity index (χ3v) is 5.37. The van der Waals surface area contributed by atoms with Crippen molar-refractivity contribution in [1.82, 2.24) is 4.90 Å². The molecule has 0 aliphatic carbocycles. The molecular formula is C26H22N2O3. The molecule has 0 saturated heterocycles. The van der Waals surface area contributed by atoms with Gasteiger partial charge in [-0.15, -0.1) is 0 Å². The van der Waals surface area contributed by atoms with Crippen LogP contribution in [-0.4, -0.2) is 10.8 Å². The molecule has 1 aromatic heterocycles. The highest BCUT2D eigenvalue weighted by molar-refractivity contribution is 6.01. The van der Waals surface area contributed by atoms with Crippen LogP contribution in [0.15, 0.2) is 102 Å². The van der Waals surface area contributed by atoms with E-state index in [1.165, 1.54) is 0 Å². The highest BCUT2D eigenvalue weighted by Crippen LogP contribution is 2.34. The van der Waals surface area contributed by atoms with E-state index in [0.717, 1.165) is 28.3 Å². The highest BCUT2D eigenvalue weighted by atomic mass is 16.5. The second kappa shape index (κ2) is 8.40. The molecule has 3 aromatic carbocycles. The first-order valence-electron chi connectivity index (χ1n) is 10.2. The molecule has 1 amide bonds. The predicted octanol–water partition coefficient (Wildman–Crippen LogP) is 5.63. The summed E-state index contributed by atoms with van der Waals surface area (Å²) in [6.07, 6.45) is 1.31. The maximum atomic E-state index is 13.3. The Morgan fingerprint density at radius 3 is 2.42 bits per heavy atom. The van der Waals surface area contributed by atoms with Crippen LogP contribution in [0.4, 0.5) is 5.69 Å². The second-order valence-corrected chi connectivity index (χ2v) is 7.45. The maximum Gasteiger partial charge on any atom is 0.258 e. The number of carbonyl (C=O) groups excluding carboxylic acids is 1. The zero-order chi connectivity index (χ0) is 21.0. The van der Waals surface area contributed by atoms with Crippen molar-refractivity contribution in [2.45, 2.75) is 19.3 Å². The average Bonchev–Trinajstić information content (AvgIpc) is 3.34. The number of hydrogen-bond acceptors (Lipinski definition) is 4. The third-order valence-electron chi connectivity index (χ3n) is 5.37. The van der Waals surface area contributed by atoms with Crippen LogP contribution in [0.1, 0.15) is 33.4 Å². The summed E-state index contributed by atoms with van der Waals surface area (Å²) < 4.78 is 11.4. The number of fused-ring (bicyclic) bond motifs is 1. The normalized spacial score (nSPS) is 15.3. The van der Waals surface area contributed by atoms with Gasteiger partial charge >= 0.3 is 0 Å².